The van der Waals surface area contributed by atoms with Gasteiger partial charge in [-0.05, 0) is 30.3 Å². The lowest BCUT2D eigenvalue weighted by atomic mass is 10.2. The summed E-state index contributed by atoms with van der Waals surface area (Å²) in [4.78, 5) is 12.7. The van der Waals surface area contributed by atoms with Crippen molar-refractivity contribution in [2.24, 2.45) is 0 Å². The summed E-state index contributed by atoms with van der Waals surface area (Å²) in [5.41, 5.74) is 0.783. The number of hydrogen-bond donors (Lipinski definition) is 1. The van der Waals surface area contributed by atoms with Gasteiger partial charge in [0.2, 0.25) is 15.8 Å². The number of carbonyl (C=O) groups excluding carboxylic acids is 1. The van der Waals surface area contributed by atoms with Crippen LogP contribution in [0.1, 0.15) is 30.0 Å². The van der Waals surface area contributed by atoms with Crippen molar-refractivity contribution < 1.29 is 17.6 Å². The molecule has 9 heteroatoms. The van der Waals surface area contributed by atoms with Crippen molar-refractivity contribution in [1.29, 1.82) is 5.26 Å². The number of rotatable bonds is 6. The van der Waals surface area contributed by atoms with Crippen LogP contribution in [0.2, 0.25) is 5.02 Å². The molecular formula is C20H18ClN3O4S. The van der Waals surface area contributed by atoms with E-state index in [1.54, 1.807) is 38.1 Å². The Morgan fingerprint density at radius 1 is 1.21 bits per heavy atom. The van der Waals surface area contributed by atoms with E-state index < -0.39 is 15.9 Å². The van der Waals surface area contributed by atoms with Crippen molar-refractivity contribution in [2.75, 3.05) is 18.4 Å². The molecule has 1 N–H and O–H groups in total. The van der Waals surface area contributed by atoms with E-state index in [4.69, 9.17) is 16.0 Å². The lowest BCUT2D eigenvalue weighted by Crippen LogP contribution is -2.31. The largest absolute Gasteiger partial charge is 0.443 e. The number of benzene rings is 2. The Labute approximate surface area is 173 Å². The predicted octanol–water partition coefficient (Wildman–Crippen LogP) is 4.24. The molecule has 0 aliphatic heterocycles. The Morgan fingerprint density at radius 2 is 1.90 bits per heavy atom. The highest BCUT2D eigenvalue weighted by Crippen LogP contribution is 2.31. The number of hydrogen-bond acceptors (Lipinski definition) is 5. The zero-order valence-electron chi connectivity index (χ0n) is 15.8. The molecule has 0 aliphatic carbocycles. The molecule has 3 rings (SSSR count). The first-order chi connectivity index (χ1) is 13.8. The van der Waals surface area contributed by atoms with E-state index in [0.717, 1.165) is 0 Å². The van der Waals surface area contributed by atoms with E-state index in [9.17, 15) is 18.5 Å². The highest BCUT2D eigenvalue weighted by Gasteiger charge is 2.26. The Morgan fingerprint density at radius 3 is 2.55 bits per heavy atom. The summed E-state index contributed by atoms with van der Waals surface area (Å²) >= 11 is 6.12. The number of sulfonamides is 1. The third-order valence-corrected chi connectivity index (χ3v) is 6.98. The van der Waals surface area contributed by atoms with Crippen molar-refractivity contribution in [1.82, 2.24) is 4.31 Å². The molecule has 0 saturated heterocycles. The molecule has 1 aromatic heterocycles. The third-order valence-electron chi connectivity index (χ3n) is 4.45. The van der Waals surface area contributed by atoms with E-state index in [2.05, 4.69) is 5.32 Å². The molecule has 0 aliphatic rings. The van der Waals surface area contributed by atoms with Crippen LogP contribution in [-0.2, 0) is 10.0 Å². The van der Waals surface area contributed by atoms with Crippen molar-refractivity contribution in [3.63, 3.8) is 0 Å². The lowest BCUT2D eigenvalue weighted by Gasteiger charge is -2.19. The predicted molar refractivity (Wildman–Crippen MR) is 110 cm³/mol. The first-order valence-electron chi connectivity index (χ1n) is 8.86. The summed E-state index contributed by atoms with van der Waals surface area (Å²) in [6, 6.07) is 12.8. The van der Waals surface area contributed by atoms with E-state index in [-0.39, 0.29) is 40.0 Å². The second-order valence-electron chi connectivity index (χ2n) is 6.10. The van der Waals surface area contributed by atoms with Crippen molar-refractivity contribution in [3.8, 4) is 6.07 Å². The number of carbonyl (C=O) groups is 1. The van der Waals surface area contributed by atoms with E-state index in [1.807, 2.05) is 6.07 Å². The lowest BCUT2D eigenvalue weighted by molar-refractivity contribution is 0.102. The molecule has 0 spiro atoms. The average molecular weight is 432 g/mol. The minimum atomic E-state index is -3.85. The summed E-state index contributed by atoms with van der Waals surface area (Å²) in [5, 5.41) is 12.6. The van der Waals surface area contributed by atoms with Gasteiger partial charge in [-0.3, -0.25) is 4.79 Å². The maximum atomic E-state index is 12.8. The van der Waals surface area contributed by atoms with Gasteiger partial charge in [-0.1, -0.05) is 37.6 Å². The molecule has 2 aromatic carbocycles. The summed E-state index contributed by atoms with van der Waals surface area (Å²) in [7, 11) is -3.85. The van der Waals surface area contributed by atoms with Gasteiger partial charge in [0.1, 0.15) is 22.2 Å². The zero-order chi connectivity index (χ0) is 21.2. The van der Waals surface area contributed by atoms with Crippen LogP contribution in [0.4, 0.5) is 5.69 Å². The van der Waals surface area contributed by atoms with Gasteiger partial charge in [0, 0.05) is 24.0 Å². The Balaban J connectivity index is 2.01. The van der Waals surface area contributed by atoms with Crippen LogP contribution in [-0.4, -0.2) is 31.7 Å². The average Bonchev–Trinajstić information content (AvgIpc) is 3.06. The smallest absolute Gasteiger partial charge is 0.255 e. The van der Waals surface area contributed by atoms with Gasteiger partial charge in [0.25, 0.3) is 5.91 Å². The molecule has 1 heterocycles. The van der Waals surface area contributed by atoms with Crippen LogP contribution in [0.25, 0.3) is 11.0 Å². The molecule has 3 aromatic rings. The number of amides is 1. The van der Waals surface area contributed by atoms with Gasteiger partial charge in [-0.2, -0.15) is 9.57 Å². The van der Waals surface area contributed by atoms with Crippen LogP contribution >= 0.6 is 11.6 Å². The number of fused-ring (bicyclic) bond motifs is 1. The first kappa shape index (κ1) is 20.9. The minimum Gasteiger partial charge on any atom is -0.443 e. The number of furan rings is 1. The molecule has 0 bridgehead atoms. The summed E-state index contributed by atoms with van der Waals surface area (Å²) in [6.45, 7) is 3.99. The number of nitrogens with zero attached hydrogens (tertiary/aromatic N) is 2. The van der Waals surface area contributed by atoms with Crippen LogP contribution in [0.3, 0.4) is 0 Å². The molecule has 0 unspecified atom stereocenters. The van der Waals surface area contributed by atoms with Crippen LogP contribution < -0.4 is 5.32 Å². The number of nitrogens with one attached hydrogen (secondary N) is 1. The van der Waals surface area contributed by atoms with Crippen LogP contribution in [0.15, 0.2) is 51.8 Å². The molecule has 150 valence electrons. The minimum absolute atomic E-state index is 0.0277. The number of anilines is 1. The highest BCUT2D eigenvalue weighted by molar-refractivity contribution is 7.89. The van der Waals surface area contributed by atoms with Crippen LogP contribution in [0.5, 0.6) is 0 Å². The number of para-hydroxylation sites is 1. The topological polar surface area (TPSA) is 103 Å². The first-order valence-corrected chi connectivity index (χ1v) is 10.7. The van der Waals surface area contributed by atoms with E-state index >= 15 is 0 Å². The molecule has 0 radical (unpaired) electrons. The van der Waals surface area contributed by atoms with Crippen molar-refractivity contribution >= 4 is 44.2 Å². The molecule has 1 amide bonds. The van der Waals surface area contributed by atoms with Gasteiger partial charge in [0.05, 0.1) is 5.02 Å². The van der Waals surface area contributed by atoms with E-state index in [0.29, 0.717) is 11.0 Å². The fraction of sp³-hybridized carbons (Fsp3) is 0.200. The molecule has 29 heavy (non-hydrogen) atoms. The van der Waals surface area contributed by atoms with Gasteiger partial charge in [-0.25, -0.2) is 8.42 Å². The Kier molecular flexibility index (Phi) is 5.94. The second kappa shape index (κ2) is 8.25. The maximum absolute atomic E-state index is 12.8. The fourth-order valence-corrected chi connectivity index (χ4v) is 4.94. The number of nitriles is 1. The zero-order valence-corrected chi connectivity index (χ0v) is 17.3. The van der Waals surface area contributed by atoms with Crippen LogP contribution in [0, 0.1) is 11.3 Å². The molecular weight excluding hydrogens is 414 g/mol. The van der Waals surface area contributed by atoms with Crippen molar-refractivity contribution in [2.45, 2.75) is 18.7 Å². The van der Waals surface area contributed by atoms with Gasteiger partial charge in [0.15, 0.2) is 0 Å². The number of halogens is 1. The monoisotopic (exact) mass is 431 g/mol. The Bertz CT molecular complexity index is 1220. The summed E-state index contributed by atoms with van der Waals surface area (Å²) in [5.74, 6) is -0.620. The highest BCUT2D eigenvalue weighted by atomic mass is 35.5. The molecule has 0 fully saturated rings. The summed E-state index contributed by atoms with van der Waals surface area (Å²) in [6.07, 6.45) is 0. The SMILES string of the molecule is CCN(CC)S(=O)(=O)c1cc(C(=O)Nc2c(C#N)oc3ccccc23)ccc1Cl. The molecule has 7 nitrogen and oxygen atoms in total. The maximum Gasteiger partial charge on any atom is 0.255 e. The normalized spacial score (nSPS) is 11.6. The fourth-order valence-electron chi connectivity index (χ4n) is 2.98. The standard InChI is InChI=1S/C20H18ClN3O4S/c1-3-24(4-2)29(26,27)18-11-13(9-10-15(18)21)20(25)23-19-14-7-5-6-8-16(14)28-17(19)12-22/h5-11H,3-4H2,1-2H3,(H,23,25). The van der Waals surface area contributed by atoms with Gasteiger partial charge in [-0.15, -0.1) is 0 Å². The van der Waals surface area contributed by atoms with Gasteiger partial charge >= 0.3 is 0 Å². The second-order valence-corrected chi connectivity index (χ2v) is 8.42. The van der Waals surface area contributed by atoms with E-state index in [1.165, 1.54) is 22.5 Å². The molecule has 0 saturated carbocycles. The third kappa shape index (κ3) is 3.85. The van der Waals surface area contributed by atoms with Crippen molar-refractivity contribution in [3.05, 3.63) is 58.8 Å². The Hall–Kier alpha value is -2.86. The quantitative estimate of drug-likeness (QED) is 0.628. The molecule has 0 atom stereocenters. The summed E-state index contributed by atoms with van der Waals surface area (Å²) < 4.78 is 32.4. The van der Waals surface area contributed by atoms with Gasteiger partial charge < -0.3 is 9.73 Å².